The van der Waals surface area contributed by atoms with Crippen LogP contribution >= 0.6 is 11.6 Å². The third-order valence-corrected chi connectivity index (χ3v) is 1.55. The van der Waals surface area contributed by atoms with Crippen LogP contribution in [0.5, 0.6) is 0 Å². The highest BCUT2D eigenvalue weighted by atomic mass is 35.5. The van der Waals surface area contributed by atoms with Gasteiger partial charge in [0.1, 0.15) is 0 Å². The fourth-order valence-electron chi connectivity index (χ4n) is 0.797. The second-order valence-corrected chi connectivity index (χ2v) is 2.60. The first kappa shape index (κ1) is 12.0. The topological polar surface area (TPSA) is 38.4 Å². The molecule has 13 heavy (non-hydrogen) atoms. The Hall–Kier alpha value is -1.02. The molecule has 0 aliphatic heterocycles. The SMILES string of the molecule is CC.CN=Cc1cc(Cl)ccc1N. The third kappa shape index (κ3) is 3.95. The van der Waals surface area contributed by atoms with Crippen molar-refractivity contribution in [2.75, 3.05) is 12.8 Å². The van der Waals surface area contributed by atoms with Gasteiger partial charge in [-0.05, 0) is 18.2 Å². The summed E-state index contributed by atoms with van der Waals surface area (Å²) in [5.41, 5.74) is 7.18. The first-order chi connectivity index (χ1) is 6.24. The first-order valence-corrected chi connectivity index (χ1v) is 4.59. The Kier molecular flexibility index (Phi) is 5.98. The maximum atomic E-state index is 5.74. The van der Waals surface area contributed by atoms with Crippen molar-refractivity contribution in [3.63, 3.8) is 0 Å². The van der Waals surface area contributed by atoms with Crippen molar-refractivity contribution in [1.82, 2.24) is 0 Å². The molecule has 0 bridgehead atoms. The van der Waals surface area contributed by atoms with Crippen LogP contribution in [-0.4, -0.2) is 13.3 Å². The summed E-state index contributed by atoms with van der Waals surface area (Å²) in [4.78, 5) is 3.84. The Morgan fingerprint density at radius 3 is 2.54 bits per heavy atom. The highest BCUT2D eigenvalue weighted by Crippen LogP contribution is 2.15. The lowest BCUT2D eigenvalue weighted by Gasteiger charge is -1.98. The molecule has 0 saturated carbocycles. The molecule has 0 fully saturated rings. The van der Waals surface area contributed by atoms with Gasteiger partial charge in [0, 0.05) is 29.5 Å². The Balaban J connectivity index is 0.000000671. The summed E-state index contributed by atoms with van der Waals surface area (Å²) in [5, 5.41) is 0.675. The molecule has 0 aliphatic rings. The summed E-state index contributed by atoms with van der Waals surface area (Å²) in [6.45, 7) is 4.00. The normalized spacial score (nSPS) is 9.54. The number of halogens is 1. The average Bonchev–Trinajstić information content (AvgIpc) is 2.15. The minimum atomic E-state index is 0.675. The Bertz CT molecular complexity index is 282. The fraction of sp³-hybridized carbons (Fsp3) is 0.300. The summed E-state index contributed by atoms with van der Waals surface area (Å²) in [5.74, 6) is 0. The zero-order valence-corrected chi connectivity index (χ0v) is 8.97. The van der Waals surface area contributed by atoms with Gasteiger partial charge in [-0.15, -0.1) is 0 Å². The predicted octanol–water partition coefficient (Wildman–Crippen LogP) is 3.00. The maximum absolute atomic E-state index is 5.74. The van der Waals surface area contributed by atoms with Crippen molar-refractivity contribution in [3.05, 3.63) is 28.8 Å². The van der Waals surface area contributed by atoms with Crippen molar-refractivity contribution in [1.29, 1.82) is 0 Å². The average molecular weight is 199 g/mol. The lowest BCUT2D eigenvalue weighted by molar-refractivity contribution is 1.46. The lowest BCUT2D eigenvalue weighted by Crippen LogP contribution is -1.92. The van der Waals surface area contributed by atoms with E-state index >= 15 is 0 Å². The van der Waals surface area contributed by atoms with Crippen LogP contribution in [0, 0.1) is 0 Å². The van der Waals surface area contributed by atoms with Gasteiger partial charge in [-0.3, -0.25) is 4.99 Å². The number of nitrogen functional groups attached to an aromatic ring is 1. The molecule has 0 aromatic heterocycles. The highest BCUT2D eigenvalue weighted by molar-refractivity contribution is 6.31. The third-order valence-electron chi connectivity index (χ3n) is 1.32. The molecule has 0 aliphatic carbocycles. The Labute approximate surface area is 84.4 Å². The van der Waals surface area contributed by atoms with Gasteiger partial charge in [-0.1, -0.05) is 25.4 Å². The molecule has 0 radical (unpaired) electrons. The fourth-order valence-corrected chi connectivity index (χ4v) is 0.977. The molecule has 1 aromatic carbocycles. The van der Waals surface area contributed by atoms with Gasteiger partial charge >= 0.3 is 0 Å². The van der Waals surface area contributed by atoms with E-state index in [1.165, 1.54) is 0 Å². The molecule has 0 spiro atoms. The van der Waals surface area contributed by atoms with Gasteiger partial charge in [-0.25, -0.2) is 0 Å². The van der Waals surface area contributed by atoms with E-state index in [-0.39, 0.29) is 0 Å². The van der Waals surface area contributed by atoms with Crippen molar-refractivity contribution in [2.45, 2.75) is 13.8 Å². The number of hydrogen-bond donors (Lipinski definition) is 1. The van der Waals surface area contributed by atoms with Gasteiger partial charge < -0.3 is 5.73 Å². The van der Waals surface area contributed by atoms with Crippen molar-refractivity contribution in [2.24, 2.45) is 4.99 Å². The van der Waals surface area contributed by atoms with Crippen LogP contribution in [-0.2, 0) is 0 Å². The quantitative estimate of drug-likeness (QED) is 0.547. The number of benzene rings is 1. The largest absolute Gasteiger partial charge is 0.398 e. The molecule has 72 valence electrons. The van der Waals surface area contributed by atoms with E-state index in [1.54, 1.807) is 31.5 Å². The molecule has 0 atom stereocenters. The Morgan fingerprint density at radius 2 is 2.00 bits per heavy atom. The molecule has 1 aromatic rings. The first-order valence-electron chi connectivity index (χ1n) is 4.21. The van der Waals surface area contributed by atoms with Crippen molar-refractivity contribution < 1.29 is 0 Å². The molecule has 0 unspecified atom stereocenters. The van der Waals surface area contributed by atoms with Gasteiger partial charge in [0.05, 0.1) is 0 Å². The monoisotopic (exact) mass is 198 g/mol. The number of nitrogens with two attached hydrogens (primary N) is 1. The Morgan fingerprint density at radius 1 is 1.38 bits per heavy atom. The summed E-state index contributed by atoms with van der Waals surface area (Å²) in [6, 6.07) is 5.30. The zero-order valence-electron chi connectivity index (χ0n) is 8.21. The van der Waals surface area contributed by atoms with Gasteiger partial charge in [-0.2, -0.15) is 0 Å². The zero-order chi connectivity index (χ0) is 10.3. The molecule has 0 heterocycles. The van der Waals surface area contributed by atoms with Crippen LogP contribution in [0.1, 0.15) is 19.4 Å². The van der Waals surface area contributed by atoms with Crippen LogP contribution in [0.2, 0.25) is 5.02 Å². The number of hydrogen-bond acceptors (Lipinski definition) is 2. The van der Waals surface area contributed by atoms with E-state index in [0.29, 0.717) is 10.7 Å². The van der Waals surface area contributed by atoms with Crippen LogP contribution in [0.25, 0.3) is 0 Å². The highest BCUT2D eigenvalue weighted by Gasteiger charge is 1.95. The molecule has 2 N–H and O–H groups in total. The summed E-state index contributed by atoms with van der Waals surface area (Å²) in [6.07, 6.45) is 1.68. The van der Waals surface area contributed by atoms with Crippen LogP contribution in [0.3, 0.4) is 0 Å². The molecule has 2 nitrogen and oxygen atoms in total. The molecular formula is C10H15ClN2. The van der Waals surface area contributed by atoms with Crippen LogP contribution in [0.15, 0.2) is 23.2 Å². The van der Waals surface area contributed by atoms with Gasteiger partial charge in [0.25, 0.3) is 0 Å². The molecule has 0 amide bonds. The van der Waals surface area contributed by atoms with Crippen molar-refractivity contribution in [3.8, 4) is 0 Å². The van der Waals surface area contributed by atoms with E-state index in [4.69, 9.17) is 17.3 Å². The van der Waals surface area contributed by atoms with Gasteiger partial charge in [0.15, 0.2) is 0 Å². The molecule has 3 heteroatoms. The standard InChI is InChI=1S/C8H9ClN2.C2H6/c1-11-5-6-4-7(9)2-3-8(6)10;1-2/h2-5H,10H2,1H3;1-2H3. The van der Waals surface area contributed by atoms with E-state index in [2.05, 4.69) is 4.99 Å². The minimum absolute atomic E-state index is 0.675. The maximum Gasteiger partial charge on any atom is 0.0414 e. The number of anilines is 1. The van der Waals surface area contributed by atoms with E-state index in [1.807, 2.05) is 13.8 Å². The molecule has 1 rings (SSSR count). The summed E-state index contributed by atoms with van der Waals surface area (Å²) in [7, 11) is 1.69. The summed E-state index contributed by atoms with van der Waals surface area (Å²) >= 11 is 5.74. The molecular weight excluding hydrogens is 184 g/mol. The lowest BCUT2D eigenvalue weighted by atomic mass is 10.2. The van der Waals surface area contributed by atoms with E-state index in [9.17, 15) is 0 Å². The summed E-state index contributed by atoms with van der Waals surface area (Å²) < 4.78 is 0. The number of nitrogens with zero attached hydrogens (tertiary/aromatic N) is 1. The van der Waals surface area contributed by atoms with Crippen LogP contribution < -0.4 is 5.73 Å². The number of aliphatic imine (C=N–C) groups is 1. The van der Waals surface area contributed by atoms with Gasteiger partial charge in [0.2, 0.25) is 0 Å². The van der Waals surface area contributed by atoms with Crippen LogP contribution in [0.4, 0.5) is 5.69 Å². The smallest absolute Gasteiger partial charge is 0.0414 e. The van der Waals surface area contributed by atoms with E-state index in [0.717, 1.165) is 5.56 Å². The number of rotatable bonds is 1. The second-order valence-electron chi connectivity index (χ2n) is 2.16. The van der Waals surface area contributed by atoms with Crippen molar-refractivity contribution >= 4 is 23.5 Å². The predicted molar refractivity (Wildman–Crippen MR) is 60.7 cm³/mol. The minimum Gasteiger partial charge on any atom is -0.398 e. The molecule has 0 saturated heterocycles. The second kappa shape index (κ2) is 6.49. The van der Waals surface area contributed by atoms with E-state index < -0.39 is 0 Å².